The average molecular weight is 455 g/mol. The zero-order valence-electron chi connectivity index (χ0n) is 17.2. The lowest BCUT2D eigenvalue weighted by Gasteiger charge is -2.22. The minimum atomic E-state index is -3.88. The second-order valence-corrected chi connectivity index (χ2v) is 10.8. The summed E-state index contributed by atoms with van der Waals surface area (Å²) in [6, 6.07) is 17.8. The summed E-state index contributed by atoms with van der Waals surface area (Å²) in [6.45, 7) is 2.53. The van der Waals surface area contributed by atoms with Crippen molar-refractivity contribution in [2.24, 2.45) is 0 Å². The second-order valence-electron chi connectivity index (χ2n) is 7.46. The lowest BCUT2D eigenvalue weighted by atomic mass is 10.1. The molecule has 1 aliphatic rings. The van der Waals surface area contributed by atoms with E-state index in [4.69, 9.17) is 0 Å². The number of amides is 2. The van der Waals surface area contributed by atoms with Crippen LogP contribution in [0, 0.1) is 6.92 Å². The van der Waals surface area contributed by atoms with Gasteiger partial charge in [0.25, 0.3) is 11.8 Å². The SMILES string of the molecule is Cc1ccc(CN(CCc2ccccc2)S(=O)(=O)c2ccc3c(c2)C(=O)N(C)C3=O)s1. The lowest BCUT2D eigenvalue weighted by molar-refractivity contribution is 0.0693. The van der Waals surface area contributed by atoms with Crippen molar-refractivity contribution in [2.45, 2.75) is 24.8 Å². The van der Waals surface area contributed by atoms with Crippen molar-refractivity contribution in [1.82, 2.24) is 9.21 Å². The third-order valence-corrected chi connectivity index (χ3v) is 8.15. The molecule has 0 N–H and O–H groups in total. The molecule has 2 amide bonds. The van der Waals surface area contributed by atoms with E-state index < -0.39 is 21.8 Å². The molecule has 2 heterocycles. The van der Waals surface area contributed by atoms with E-state index in [9.17, 15) is 18.0 Å². The van der Waals surface area contributed by atoms with E-state index in [2.05, 4.69) is 0 Å². The van der Waals surface area contributed by atoms with Gasteiger partial charge in [-0.3, -0.25) is 14.5 Å². The molecule has 0 radical (unpaired) electrons. The maximum atomic E-state index is 13.6. The van der Waals surface area contributed by atoms with Crippen molar-refractivity contribution in [3.63, 3.8) is 0 Å². The van der Waals surface area contributed by atoms with Gasteiger partial charge in [-0.05, 0) is 49.2 Å². The molecule has 1 aliphatic heterocycles. The highest BCUT2D eigenvalue weighted by Crippen LogP contribution is 2.28. The Morgan fingerprint density at radius 1 is 0.935 bits per heavy atom. The van der Waals surface area contributed by atoms with Gasteiger partial charge in [-0.15, -0.1) is 11.3 Å². The van der Waals surface area contributed by atoms with Crippen LogP contribution in [-0.2, 0) is 23.0 Å². The minimum Gasteiger partial charge on any atom is -0.277 e. The van der Waals surface area contributed by atoms with Crippen molar-refractivity contribution in [3.05, 3.63) is 87.1 Å². The van der Waals surface area contributed by atoms with Crippen LogP contribution >= 0.6 is 11.3 Å². The lowest BCUT2D eigenvalue weighted by Crippen LogP contribution is -2.32. The van der Waals surface area contributed by atoms with Crippen molar-refractivity contribution < 1.29 is 18.0 Å². The van der Waals surface area contributed by atoms with Crippen molar-refractivity contribution in [1.29, 1.82) is 0 Å². The van der Waals surface area contributed by atoms with Crippen LogP contribution in [0.25, 0.3) is 0 Å². The largest absolute Gasteiger partial charge is 0.277 e. The zero-order valence-corrected chi connectivity index (χ0v) is 18.9. The molecule has 4 rings (SSSR count). The third-order valence-electron chi connectivity index (χ3n) is 5.32. The summed E-state index contributed by atoms with van der Waals surface area (Å²) in [4.78, 5) is 27.6. The summed E-state index contributed by atoms with van der Waals surface area (Å²) in [6.07, 6.45) is 0.565. The van der Waals surface area contributed by atoms with Gasteiger partial charge in [-0.25, -0.2) is 8.42 Å². The summed E-state index contributed by atoms with van der Waals surface area (Å²) in [5, 5.41) is 0. The van der Waals surface area contributed by atoms with Crippen molar-refractivity contribution >= 4 is 33.2 Å². The molecule has 0 atom stereocenters. The van der Waals surface area contributed by atoms with Gasteiger partial charge in [-0.2, -0.15) is 4.31 Å². The number of thiophene rings is 1. The molecule has 0 unspecified atom stereocenters. The molecule has 0 aliphatic carbocycles. The number of fused-ring (bicyclic) bond motifs is 1. The summed E-state index contributed by atoms with van der Waals surface area (Å²) in [7, 11) is -2.49. The van der Waals surface area contributed by atoms with Gasteiger partial charge in [0.1, 0.15) is 0 Å². The number of rotatable bonds is 7. The van der Waals surface area contributed by atoms with Crippen LogP contribution in [0.1, 0.15) is 36.0 Å². The maximum Gasteiger partial charge on any atom is 0.261 e. The molecule has 0 fully saturated rings. The fourth-order valence-electron chi connectivity index (χ4n) is 3.58. The summed E-state index contributed by atoms with van der Waals surface area (Å²) >= 11 is 1.56. The fraction of sp³-hybridized carbons (Fsp3) is 0.217. The molecule has 2 aromatic carbocycles. The average Bonchev–Trinajstić information content (AvgIpc) is 3.28. The van der Waals surface area contributed by atoms with E-state index in [0.717, 1.165) is 20.2 Å². The van der Waals surface area contributed by atoms with E-state index in [1.807, 2.05) is 49.4 Å². The van der Waals surface area contributed by atoms with Gasteiger partial charge in [0.2, 0.25) is 10.0 Å². The van der Waals surface area contributed by atoms with Crippen LogP contribution in [0.2, 0.25) is 0 Å². The zero-order chi connectivity index (χ0) is 22.2. The van der Waals surface area contributed by atoms with Crippen LogP contribution in [0.3, 0.4) is 0 Å². The highest BCUT2D eigenvalue weighted by Gasteiger charge is 2.35. The van der Waals surface area contributed by atoms with Gasteiger partial charge in [0.05, 0.1) is 16.0 Å². The summed E-state index contributed by atoms with van der Waals surface area (Å²) in [5.41, 5.74) is 1.40. The van der Waals surface area contributed by atoms with E-state index in [0.29, 0.717) is 13.0 Å². The molecule has 3 aromatic rings. The first kappa shape index (κ1) is 21.4. The molecule has 0 bridgehead atoms. The van der Waals surface area contributed by atoms with Crippen LogP contribution in [0.15, 0.2) is 65.6 Å². The fourth-order valence-corrected chi connectivity index (χ4v) is 6.01. The topological polar surface area (TPSA) is 74.8 Å². The first-order valence-corrected chi connectivity index (χ1v) is 12.1. The summed E-state index contributed by atoms with van der Waals surface area (Å²) in [5.74, 6) is -0.902. The number of benzene rings is 2. The molecule has 1 aromatic heterocycles. The second kappa shape index (κ2) is 8.37. The van der Waals surface area contributed by atoms with Gasteiger partial charge in [0.15, 0.2) is 0 Å². The quantitative estimate of drug-likeness (QED) is 0.510. The Bertz CT molecular complexity index is 1250. The number of imide groups is 1. The molecule has 8 heteroatoms. The molecular weight excluding hydrogens is 432 g/mol. The van der Waals surface area contributed by atoms with Crippen molar-refractivity contribution in [3.8, 4) is 0 Å². The standard InChI is InChI=1S/C23H22N2O4S2/c1-16-8-9-18(30-16)15-25(13-12-17-6-4-3-5-7-17)31(28,29)19-10-11-20-21(14-19)23(27)24(2)22(20)26/h3-11,14H,12-13,15H2,1-2H3. The number of hydrogen-bond donors (Lipinski definition) is 0. The van der Waals surface area contributed by atoms with Gasteiger partial charge < -0.3 is 0 Å². The highest BCUT2D eigenvalue weighted by molar-refractivity contribution is 7.89. The Morgan fingerprint density at radius 3 is 2.32 bits per heavy atom. The Kier molecular flexibility index (Phi) is 5.79. The molecule has 31 heavy (non-hydrogen) atoms. The number of carbonyl (C=O) groups is 2. The predicted molar refractivity (Wildman–Crippen MR) is 120 cm³/mol. The van der Waals surface area contributed by atoms with Gasteiger partial charge in [0, 0.05) is 29.9 Å². The van der Waals surface area contributed by atoms with E-state index in [1.165, 1.54) is 29.6 Å². The first-order valence-electron chi connectivity index (χ1n) is 9.83. The smallest absolute Gasteiger partial charge is 0.261 e. The Morgan fingerprint density at radius 2 is 1.65 bits per heavy atom. The van der Waals surface area contributed by atoms with Gasteiger partial charge >= 0.3 is 0 Å². The minimum absolute atomic E-state index is 0.0176. The summed E-state index contributed by atoms with van der Waals surface area (Å²) < 4.78 is 28.6. The normalized spacial score (nSPS) is 13.8. The number of carbonyl (C=O) groups excluding carboxylic acids is 2. The molecule has 0 spiro atoms. The van der Waals surface area contributed by atoms with Crippen LogP contribution < -0.4 is 0 Å². The van der Waals surface area contributed by atoms with Crippen LogP contribution in [0.5, 0.6) is 0 Å². The predicted octanol–water partition coefficient (Wildman–Crippen LogP) is 3.72. The first-order chi connectivity index (χ1) is 14.8. The Balaban J connectivity index is 1.67. The number of nitrogens with zero attached hydrogens (tertiary/aromatic N) is 2. The molecular formula is C23H22N2O4S2. The van der Waals surface area contributed by atoms with E-state index in [-0.39, 0.29) is 22.6 Å². The van der Waals surface area contributed by atoms with Crippen LogP contribution in [0.4, 0.5) is 0 Å². The molecule has 6 nitrogen and oxygen atoms in total. The number of sulfonamides is 1. The molecule has 160 valence electrons. The maximum absolute atomic E-state index is 13.6. The van der Waals surface area contributed by atoms with E-state index >= 15 is 0 Å². The third kappa shape index (κ3) is 4.19. The number of aryl methyl sites for hydroxylation is 1. The monoisotopic (exact) mass is 454 g/mol. The Hall–Kier alpha value is -2.81. The molecule has 0 saturated carbocycles. The van der Waals surface area contributed by atoms with Crippen LogP contribution in [-0.4, -0.2) is 43.0 Å². The molecule has 0 saturated heterocycles. The Labute approximate surface area is 185 Å². The van der Waals surface area contributed by atoms with E-state index in [1.54, 1.807) is 11.3 Å². The van der Waals surface area contributed by atoms with Gasteiger partial charge in [-0.1, -0.05) is 30.3 Å². The highest BCUT2D eigenvalue weighted by atomic mass is 32.2. The number of hydrogen-bond acceptors (Lipinski definition) is 5. The van der Waals surface area contributed by atoms with Crippen molar-refractivity contribution in [2.75, 3.05) is 13.6 Å².